The van der Waals surface area contributed by atoms with Crippen LogP contribution in [0.5, 0.6) is 0 Å². The van der Waals surface area contributed by atoms with E-state index in [0.29, 0.717) is 12.0 Å². The Morgan fingerprint density at radius 1 is 1.40 bits per heavy atom. The SMILES string of the molecule is CCCNC(c1cc(C)c(Br)s1)C1Cc2ccccc21. The van der Waals surface area contributed by atoms with E-state index in [1.165, 1.54) is 38.2 Å². The van der Waals surface area contributed by atoms with Gasteiger partial charge in [-0.15, -0.1) is 11.3 Å². The van der Waals surface area contributed by atoms with E-state index in [2.05, 4.69) is 65.4 Å². The first-order valence-electron chi connectivity index (χ1n) is 7.27. The van der Waals surface area contributed by atoms with Gasteiger partial charge < -0.3 is 5.32 Å². The van der Waals surface area contributed by atoms with E-state index in [1.54, 1.807) is 0 Å². The molecule has 0 aliphatic heterocycles. The zero-order valence-electron chi connectivity index (χ0n) is 11.9. The lowest BCUT2D eigenvalue weighted by molar-refractivity contribution is 0.417. The molecule has 2 aromatic rings. The normalized spacial score (nSPS) is 18.4. The third kappa shape index (κ3) is 2.59. The first-order valence-corrected chi connectivity index (χ1v) is 8.88. The number of hydrogen-bond acceptors (Lipinski definition) is 2. The van der Waals surface area contributed by atoms with Gasteiger partial charge in [0.2, 0.25) is 0 Å². The van der Waals surface area contributed by atoms with Crippen molar-refractivity contribution in [1.29, 1.82) is 0 Å². The number of fused-ring (bicyclic) bond motifs is 1. The summed E-state index contributed by atoms with van der Waals surface area (Å²) in [7, 11) is 0. The molecule has 3 heteroatoms. The summed E-state index contributed by atoms with van der Waals surface area (Å²) in [5, 5.41) is 3.76. The third-order valence-electron chi connectivity index (χ3n) is 4.09. The Morgan fingerprint density at radius 3 is 2.85 bits per heavy atom. The minimum atomic E-state index is 0.458. The van der Waals surface area contributed by atoms with Crippen LogP contribution in [0.2, 0.25) is 0 Å². The Morgan fingerprint density at radius 2 is 2.20 bits per heavy atom. The maximum absolute atomic E-state index is 3.76. The number of hydrogen-bond donors (Lipinski definition) is 1. The Hall–Kier alpha value is -0.640. The fraction of sp³-hybridized carbons (Fsp3) is 0.412. The van der Waals surface area contributed by atoms with Crippen LogP contribution >= 0.6 is 27.3 Å². The van der Waals surface area contributed by atoms with Gasteiger partial charge in [0.15, 0.2) is 0 Å². The molecule has 0 bridgehead atoms. The predicted molar refractivity (Wildman–Crippen MR) is 90.7 cm³/mol. The van der Waals surface area contributed by atoms with Crippen molar-refractivity contribution < 1.29 is 0 Å². The van der Waals surface area contributed by atoms with Gasteiger partial charge >= 0.3 is 0 Å². The van der Waals surface area contributed by atoms with Crippen molar-refractivity contribution in [3.05, 3.63) is 55.7 Å². The van der Waals surface area contributed by atoms with E-state index >= 15 is 0 Å². The highest BCUT2D eigenvalue weighted by atomic mass is 79.9. The molecule has 1 heterocycles. The average Bonchev–Trinajstić information content (AvgIpc) is 2.75. The predicted octanol–water partition coefficient (Wildman–Crippen LogP) is 5.20. The fourth-order valence-corrected chi connectivity index (χ4v) is 4.69. The molecular weight excluding hydrogens is 330 g/mol. The Labute approximate surface area is 133 Å². The number of halogens is 1. The minimum Gasteiger partial charge on any atom is -0.309 e. The molecule has 106 valence electrons. The zero-order chi connectivity index (χ0) is 14.1. The highest BCUT2D eigenvalue weighted by Gasteiger charge is 2.34. The van der Waals surface area contributed by atoms with E-state index in [-0.39, 0.29) is 0 Å². The van der Waals surface area contributed by atoms with Crippen molar-refractivity contribution in [2.45, 2.75) is 38.6 Å². The highest BCUT2D eigenvalue weighted by Crippen LogP contribution is 2.46. The van der Waals surface area contributed by atoms with Crippen molar-refractivity contribution in [3.63, 3.8) is 0 Å². The van der Waals surface area contributed by atoms with Crippen LogP contribution in [0, 0.1) is 6.92 Å². The Bertz CT molecular complexity index is 585. The molecule has 1 aromatic carbocycles. The number of aryl methyl sites for hydroxylation is 1. The van der Waals surface area contributed by atoms with Crippen LogP contribution < -0.4 is 5.32 Å². The quantitative estimate of drug-likeness (QED) is 0.782. The average molecular weight is 350 g/mol. The maximum Gasteiger partial charge on any atom is 0.0731 e. The largest absolute Gasteiger partial charge is 0.309 e. The monoisotopic (exact) mass is 349 g/mol. The maximum atomic E-state index is 3.76. The van der Waals surface area contributed by atoms with Crippen molar-refractivity contribution in [1.82, 2.24) is 5.32 Å². The Balaban J connectivity index is 1.88. The number of nitrogens with one attached hydrogen (secondary N) is 1. The van der Waals surface area contributed by atoms with E-state index < -0.39 is 0 Å². The summed E-state index contributed by atoms with van der Waals surface area (Å²) in [5.74, 6) is 0.627. The van der Waals surface area contributed by atoms with Crippen LogP contribution in [0.25, 0.3) is 0 Å². The summed E-state index contributed by atoms with van der Waals surface area (Å²) in [4.78, 5) is 1.46. The van der Waals surface area contributed by atoms with Crippen LogP contribution in [-0.2, 0) is 6.42 Å². The van der Waals surface area contributed by atoms with Gasteiger partial charge in [0.25, 0.3) is 0 Å². The number of rotatable bonds is 5. The molecule has 0 radical (unpaired) electrons. The van der Waals surface area contributed by atoms with Crippen LogP contribution in [0.3, 0.4) is 0 Å². The summed E-state index contributed by atoms with van der Waals surface area (Å²) in [6, 6.07) is 11.7. The van der Waals surface area contributed by atoms with Crippen LogP contribution in [0.15, 0.2) is 34.1 Å². The molecule has 1 aromatic heterocycles. The molecule has 1 aliphatic carbocycles. The van der Waals surface area contributed by atoms with E-state index in [1.807, 2.05) is 11.3 Å². The lowest BCUT2D eigenvalue weighted by atomic mass is 9.73. The molecule has 0 fully saturated rings. The van der Waals surface area contributed by atoms with Gasteiger partial charge in [-0.25, -0.2) is 0 Å². The van der Waals surface area contributed by atoms with Crippen LogP contribution in [0.4, 0.5) is 0 Å². The third-order valence-corrected chi connectivity index (χ3v) is 6.31. The lowest BCUT2D eigenvalue weighted by Crippen LogP contribution is -2.33. The topological polar surface area (TPSA) is 12.0 Å². The van der Waals surface area contributed by atoms with Gasteiger partial charge in [-0.05, 0) is 65.0 Å². The van der Waals surface area contributed by atoms with Gasteiger partial charge in [0, 0.05) is 16.8 Å². The van der Waals surface area contributed by atoms with Crippen molar-refractivity contribution in [2.75, 3.05) is 6.54 Å². The molecule has 3 rings (SSSR count). The molecule has 2 unspecified atom stereocenters. The van der Waals surface area contributed by atoms with Crippen molar-refractivity contribution in [2.24, 2.45) is 0 Å². The van der Waals surface area contributed by atoms with Crippen molar-refractivity contribution in [3.8, 4) is 0 Å². The second kappa shape index (κ2) is 6.00. The standard InChI is InChI=1S/C17H20BrNS/c1-3-8-19-16(15-9-11(2)17(18)20-15)14-10-12-6-4-5-7-13(12)14/h4-7,9,14,16,19H,3,8,10H2,1-2H3. The van der Waals surface area contributed by atoms with Gasteiger partial charge in [-0.1, -0.05) is 31.2 Å². The molecule has 1 N–H and O–H groups in total. The number of thiophene rings is 1. The molecule has 0 spiro atoms. The summed E-state index contributed by atoms with van der Waals surface area (Å²) in [6.45, 7) is 5.49. The van der Waals surface area contributed by atoms with E-state index in [0.717, 1.165) is 6.54 Å². The van der Waals surface area contributed by atoms with Crippen LogP contribution in [0.1, 0.15) is 46.9 Å². The summed E-state index contributed by atoms with van der Waals surface area (Å²) in [6.07, 6.45) is 2.38. The zero-order valence-corrected chi connectivity index (χ0v) is 14.4. The summed E-state index contributed by atoms with van der Waals surface area (Å²) < 4.78 is 1.27. The molecule has 20 heavy (non-hydrogen) atoms. The molecule has 0 saturated heterocycles. The van der Waals surface area contributed by atoms with Gasteiger partial charge in [0.1, 0.15) is 0 Å². The summed E-state index contributed by atoms with van der Waals surface area (Å²) in [5.41, 5.74) is 4.40. The second-order valence-electron chi connectivity index (χ2n) is 5.55. The van der Waals surface area contributed by atoms with Gasteiger partial charge in [-0.3, -0.25) is 0 Å². The van der Waals surface area contributed by atoms with E-state index in [4.69, 9.17) is 0 Å². The summed E-state index contributed by atoms with van der Waals surface area (Å²) >= 11 is 5.54. The lowest BCUT2D eigenvalue weighted by Gasteiger charge is -2.36. The first kappa shape index (κ1) is 14.3. The molecule has 0 amide bonds. The molecular formula is C17H20BrNS. The number of benzene rings is 1. The second-order valence-corrected chi connectivity index (χ2v) is 7.95. The molecule has 2 atom stereocenters. The minimum absolute atomic E-state index is 0.458. The smallest absolute Gasteiger partial charge is 0.0731 e. The van der Waals surface area contributed by atoms with Gasteiger partial charge in [0.05, 0.1) is 3.79 Å². The molecule has 0 saturated carbocycles. The fourth-order valence-electron chi connectivity index (χ4n) is 2.97. The first-order chi connectivity index (χ1) is 9.70. The molecule has 1 aliphatic rings. The molecule has 1 nitrogen and oxygen atoms in total. The Kier molecular flexibility index (Phi) is 4.29. The van der Waals surface area contributed by atoms with Crippen LogP contribution in [-0.4, -0.2) is 6.54 Å². The van der Waals surface area contributed by atoms with Crippen molar-refractivity contribution >= 4 is 27.3 Å². The van der Waals surface area contributed by atoms with E-state index in [9.17, 15) is 0 Å². The highest BCUT2D eigenvalue weighted by molar-refractivity contribution is 9.11. The van der Waals surface area contributed by atoms with Gasteiger partial charge in [-0.2, -0.15) is 0 Å².